The van der Waals surface area contributed by atoms with Gasteiger partial charge in [0.15, 0.2) is 12.3 Å². The number of nitrogens with two attached hydrogens (primary N) is 1. The number of nitrogens with one attached hydrogen (secondary N) is 1. The van der Waals surface area contributed by atoms with Crippen LogP contribution in [0, 0.1) is 0 Å². The molecule has 1 amide bonds. The maximum Gasteiger partial charge on any atom is 0.256 e. The molecule has 0 radical (unpaired) electrons. The molecule has 200 valence electrons. The maximum atomic E-state index is 13.1. The van der Waals surface area contributed by atoms with Crippen molar-refractivity contribution in [1.82, 2.24) is 28.6 Å². The molecule has 4 aromatic rings. The van der Waals surface area contributed by atoms with Gasteiger partial charge < -0.3 is 30.6 Å². The Morgan fingerprint density at radius 2 is 1.95 bits per heavy atom. The number of hydrogen-bond donors (Lipinski definition) is 4. The lowest BCUT2D eigenvalue weighted by molar-refractivity contribution is -0.132. The number of carbonyl (C=O) groups excluding carboxylic acids is 1. The molecule has 15 heteroatoms. The summed E-state index contributed by atoms with van der Waals surface area (Å²) >= 11 is 0. The third kappa shape index (κ3) is 4.29. The number of carbonyl (C=O) groups is 1. The maximum absolute atomic E-state index is 13.1. The molecular weight excluding hydrogens is 516 g/mol. The van der Waals surface area contributed by atoms with Gasteiger partial charge in [-0.2, -0.15) is 5.10 Å². The van der Waals surface area contributed by atoms with Crippen molar-refractivity contribution in [3.8, 4) is 11.3 Å². The molecule has 0 bridgehead atoms. The first-order valence-electron chi connectivity index (χ1n) is 11.4. The van der Waals surface area contributed by atoms with Gasteiger partial charge in [0.05, 0.1) is 16.0 Å². The van der Waals surface area contributed by atoms with Crippen LogP contribution in [0.25, 0.3) is 22.3 Å². The third-order valence-corrected chi connectivity index (χ3v) is 8.09. The van der Waals surface area contributed by atoms with Crippen molar-refractivity contribution in [3.05, 3.63) is 49.1 Å². The number of sulfonamides is 1. The highest BCUT2D eigenvalue weighted by atomic mass is 32.2. The fraction of sp³-hybridized carbons (Fsp3) is 0.304. The van der Waals surface area contributed by atoms with Crippen LogP contribution in [0.3, 0.4) is 0 Å². The number of ether oxygens (including phenoxy) is 1. The summed E-state index contributed by atoms with van der Waals surface area (Å²) in [6.07, 6.45) is -1.14. The SMILES string of the molecule is CN(C)S(=O)(=O)c1cccc(NC(=O)[C@H]2O[C@@H](n3cc(-c4ccn(C)n4)c4c(N)ncnc43)[C@H](O)[C@@H]2O)c1. The van der Waals surface area contributed by atoms with Gasteiger partial charge in [0.1, 0.15) is 30.0 Å². The highest BCUT2D eigenvalue weighted by Crippen LogP contribution is 2.38. The predicted molar refractivity (Wildman–Crippen MR) is 136 cm³/mol. The molecule has 1 aliphatic rings. The highest BCUT2D eigenvalue weighted by molar-refractivity contribution is 7.89. The van der Waals surface area contributed by atoms with Crippen molar-refractivity contribution < 1.29 is 28.2 Å². The Morgan fingerprint density at radius 3 is 2.63 bits per heavy atom. The van der Waals surface area contributed by atoms with E-state index in [1.165, 1.54) is 49.3 Å². The van der Waals surface area contributed by atoms with Gasteiger partial charge in [-0.15, -0.1) is 0 Å². The summed E-state index contributed by atoms with van der Waals surface area (Å²) in [5.41, 5.74) is 7.79. The molecular formula is C23H26N8O6S. The molecule has 5 rings (SSSR count). The van der Waals surface area contributed by atoms with Crippen LogP contribution in [0.4, 0.5) is 11.5 Å². The molecule has 0 spiro atoms. The smallest absolute Gasteiger partial charge is 0.256 e. The number of rotatable bonds is 6. The summed E-state index contributed by atoms with van der Waals surface area (Å²) in [4.78, 5) is 21.4. The largest absolute Gasteiger partial charge is 0.387 e. The molecule has 38 heavy (non-hydrogen) atoms. The number of anilines is 2. The van der Waals surface area contributed by atoms with Crippen LogP contribution in [-0.2, 0) is 26.6 Å². The molecule has 1 aromatic carbocycles. The van der Waals surface area contributed by atoms with E-state index >= 15 is 0 Å². The lowest BCUT2D eigenvalue weighted by atomic mass is 10.1. The van der Waals surface area contributed by atoms with Gasteiger partial charge in [-0.25, -0.2) is 22.7 Å². The van der Waals surface area contributed by atoms with Crippen LogP contribution < -0.4 is 11.1 Å². The van der Waals surface area contributed by atoms with E-state index in [-0.39, 0.29) is 16.4 Å². The van der Waals surface area contributed by atoms with E-state index in [0.29, 0.717) is 22.3 Å². The Labute approximate surface area is 217 Å². The summed E-state index contributed by atoms with van der Waals surface area (Å²) in [6, 6.07) is 7.44. The number of aromatic nitrogens is 5. The molecule has 14 nitrogen and oxygen atoms in total. The quantitative estimate of drug-likeness (QED) is 0.256. The van der Waals surface area contributed by atoms with E-state index in [1.807, 2.05) is 0 Å². The molecule has 0 aliphatic carbocycles. The third-order valence-electron chi connectivity index (χ3n) is 6.28. The normalized spacial score (nSPS) is 21.8. The topological polar surface area (TPSA) is 191 Å². The van der Waals surface area contributed by atoms with Crippen LogP contribution in [0.2, 0.25) is 0 Å². The number of aliphatic hydroxyl groups is 2. The number of fused-ring (bicyclic) bond motifs is 1. The number of hydrogen-bond acceptors (Lipinski definition) is 10. The lowest BCUT2D eigenvalue weighted by Gasteiger charge is -2.17. The number of nitrogens with zero attached hydrogens (tertiary/aromatic N) is 6. The van der Waals surface area contributed by atoms with Crippen molar-refractivity contribution in [1.29, 1.82) is 0 Å². The molecule has 1 fully saturated rings. The number of aryl methyl sites for hydroxylation is 1. The van der Waals surface area contributed by atoms with Gasteiger partial charge in [0.25, 0.3) is 5.91 Å². The van der Waals surface area contributed by atoms with E-state index in [9.17, 15) is 23.4 Å². The van der Waals surface area contributed by atoms with Crippen LogP contribution in [0.5, 0.6) is 0 Å². The van der Waals surface area contributed by atoms with E-state index in [2.05, 4.69) is 20.4 Å². The lowest BCUT2D eigenvalue weighted by Crippen LogP contribution is -2.39. The fourth-order valence-electron chi connectivity index (χ4n) is 4.32. The molecule has 4 atom stereocenters. The van der Waals surface area contributed by atoms with E-state index < -0.39 is 40.5 Å². The van der Waals surface area contributed by atoms with Gasteiger partial charge in [-0.05, 0) is 24.3 Å². The first-order valence-corrected chi connectivity index (χ1v) is 12.9. The van der Waals surface area contributed by atoms with Crippen molar-refractivity contribution in [2.45, 2.75) is 29.4 Å². The van der Waals surface area contributed by atoms with Crippen molar-refractivity contribution in [2.75, 3.05) is 25.1 Å². The molecule has 3 aromatic heterocycles. The van der Waals surface area contributed by atoms with Gasteiger partial charge in [0.2, 0.25) is 10.0 Å². The summed E-state index contributed by atoms with van der Waals surface area (Å²) in [5.74, 6) is -0.585. The summed E-state index contributed by atoms with van der Waals surface area (Å²) in [7, 11) is 0.821. The minimum atomic E-state index is -3.73. The monoisotopic (exact) mass is 542 g/mol. The summed E-state index contributed by atoms with van der Waals surface area (Å²) < 4.78 is 34.9. The van der Waals surface area contributed by atoms with Crippen molar-refractivity contribution in [3.63, 3.8) is 0 Å². The zero-order chi connectivity index (χ0) is 27.4. The van der Waals surface area contributed by atoms with Crippen LogP contribution in [-0.4, -0.2) is 85.6 Å². The Bertz CT molecular complexity index is 1630. The second kappa shape index (κ2) is 9.45. The molecule has 5 N–H and O–H groups in total. The minimum absolute atomic E-state index is 0.0239. The number of nitrogen functional groups attached to an aromatic ring is 1. The summed E-state index contributed by atoms with van der Waals surface area (Å²) in [5, 5.41) is 29.0. The highest BCUT2D eigenvalue weighted by Gasteiger charge is 2.48. The zero-order valence-electron chi connectivity index (χ0n) is 20.6. The van der Waals surface area contributed by atoms with Gasteiger partial charge in [-0.1, -0.05) is 6.07 Å². The molecule has 1 aliphatic heterocycles. The Balaban J connectivity index is 1.45. The number of aliphatic hydroxyl groups excluding tert-OH is 2. The summed E-state index contributed by atoms with van der Waals surface area (Å²) in [6.45, 7) is 0. The van der Waals surface area contributed by atoms with Crippen LogP contribution >= 0.6 is 0 Å². The van der Waals surface area contributed by atoms with Crippen molar-refractivity contribution in [2.24, 2.45) is 7.05 Å². The Kier molecular flexibility index (Phi) is 6.40. The average Bonchev–Trinajstić information content (AvgIpc) is 3.55. The standard InChI is InChI=1S/C23H26N8O6S/c1-29(2)38(35,36)13-6-4-5-12(9-13)27-22(34)19-17(32)18(33)23(37-19)31-10-14(15-7-8-30(3)28-15)16-20(24)25-11-26-21(16)31/h4-11,17-19,23,32-33H,1-3H3,(H,27,34)(H2,24,25,26)/t17-,18+,19-,23+/m0/s1. The number of amides is 1. The zero-order valence-corrected chi connectivity index (χ0v) is 21.4. The Morgan fingerprint density at radius 1 is 1.18 bits per heavy atom. The second-order valence-electron chi connectivity index (χ2n) is 9.02. The first kappa shape index (κ1) is 25.7. The van der Waals surface area contributed by atoms with Crippen LogP contribution in [0.1, 0.15) is 6.23 Å². The van der Waals surface area contributed by atoms with Gasteiger partial charge in [0, 0.05) is 44.8 Å². The average molecular weight is 543 g/mol. The molecule has 4 heterocycles. The number of benzene rings is 1. The first-order chi connectivity index (χ1) is 18.0. The fourth-order valence-corrected chi connectivity index (χ4v) is 5.27. The molecule has 0 unspecified atom stereocenters. The van der Waals surface area contributed by atoms with Crippen molar-refractivity contribution >= 4 is 38.5 Å². The Hall–Kier alpha value is -3.89. The molecule has 0 saturated carbocycles. The molecule has 1 saturated heterocycles. The second-order valence-corrected chi connectivity index (χ2v) is 11.2. The van der Waals surface area contributed by atoms with Crippen LogP contribution in [0.15, 0.2) is 53.9 Å². The van der Waals surface area contributed by atoms with E-state index in [4.69, 9.17) is 10.5 Å². The predicted octanol–water partition coefficient (Wildman–Crippen LogP) is -0.0778. The van der Waals surface area contributed by atoms with E-state index in [0.717, 1.165) is 4.31 Å². The van der Waals surface area contributed by atoms with Gasteiger partial charge in [-0.3, -0.25) is 9.48 Å². The minimum Gasteiger partial charge on any atom is -0.387 e. The van der Waals surface area contributed by atoms with E-state index in [1.54, 1.807) is 30.2 Å². The van der Waals surface area contributed by atoms with Gasteiger partial charge >= 0.3 is 0 Å².